The average molecular weight is 464 g/mol. The highest BCUT2D eigenvalue weighted by molar-refractivity contribution is 7.13. The number of halogens is 3. The first-order chi connectivity index (χ1) is 14.9. The van der Waals surface area contributed by atoms with Crippen molar-refractivity contribution in [1.82, 2.24) is 15.1 Å². The van der Waals surface area contributed by atoms with E-state index in [4.69, 9.17) is 11.6 Å². The number of benzene rings is 2. The molecule has 2 heterocycles. The molecular weight excluding hydrogens is 448 g/mol. The van der Waals surface area contributed by atoms with Crippen LogP contribution in [0.5, 0.6) is 0 Å². The molecule has 7 nitrogen and oxygen atoms in total. The summed E-state index contributed by atoms with van der Waals surface area (Å²) in [5, 5.41) is 14.4. The number of anilines is 2. The molecule has 0 bridgehead atoms. The van der Waals surface area contributed by atoms with E-state index in [1.165, 1.54) is 4.90 Å². The molecule has 2 N–H and O–H groups in total. The van der Waals surface area contributed by atoms with Crippen LogP contribution in [0.15, 0.2) is 42.5 Å². The van der Waals surface area contributed by atoms with Crippen LogP contribution in [0.25, 0.3) is 0 Å². The Bertz CT molecular complexity index is 1130. The third-order valence-corrected chi connectivity index (χ3v) is 5.98. The van der Waals surface area contributed by atoms with Crippen molar-refractivity contribution in [2.75, 3.05) is 17.2 Å². The third-order valence-electron chi connectivity index (χ3n) is 4.71. The standard InChI is InChI=1S/C20H16ClF2N5O2S/c21-11-3-6-13(7-4-11)24-17(29)19-27-26-18(31-19)16-2-1-9-28(16)20(30)25-15-8-5-12(22)10-14(15)23/h3-8,10,16H,1-2,9H2,(H,24,29)(H,25,30)/t16-/m1/s1. The van der Waals surface area contributed by atoms with E-state index in [0.29, 0.717) is 34.7 Å². The monoisotopic (exact) mass is 463 g/mol. The van der Waals surface area contributed by atoms with Gasteiger partial charge in [0.05, 0.1) is 11.7 Å². The minimum absolute atomic E-state index is 0.114. The normalized spacial score (nSPS) is 15.7. The van der Waals surface area contributed by atoms with Gasteiger partial charge in [-0.25, -0.2) is 13.6 Å². The maximum atomic E-state index is 13.9. The van der Waals surface area contributed by atoms with E-state index >= 15 is 0 Å². The summed E-state index contributed by atoms with van der Waals surface area (Å²) in [6.45, 7) is 0.436. The van der Waals surface area contributed by atoms with Crippen molar-refractivity contribution < 1.29 is 18.4 Å². The molecule has 3 amide bonds. The Morgan fingerprint density at radius 1 is 1.10 bits per heavy atom. The molecule has 3 aromatic rings. The Balaban J connectivity index is 1.45. The molecule has 1 aromatic heterocycles. The molecule has 11 heteroatoms. The van der Waals surface area contributed by atoms with Crippen molar-refractivity contribution in [3.63, 3.8) is 0 Å². The molecule has 0 aliphatic carbocycles. The summed E-state index contributed by atoms with van der Waals surface area (Å²) in [6.07, 6.45) is 1.35. The molecule has 0 radical (unpaired) electrons. The predicted molar refractivity (Wildman–Crippen MR) is 113 cm³/mol. The predicted octanol–water partition coefficient (Wildman–Crippen LogP) is 5.09. The van der Waals surface area contributed by atoms with Gasteiger partial charge in [0.25, 0.3) is 5.91 Å². The van der Waals surface area contributed by atoms with Crippen LogP contribution in [0.2, 0.25) is 5.02 Å². The third kappa shape index (κ3) is 4.80. The van der Waals surface area contributed by atoms with Crippen molar-refractivity contribution >= 4 is 46.3 Å². The van der Waals surface area contributed by atoms with Crippen LogP contribution >= 0.6 is 22.9 Å². The van der Waals surface area contributed by atoms with Crippen molar-refractivity contribution in [3.8, 4) is 0 Å². The lowest BCUT2D eigenvalue weighted by molar-refractivity contribution is 0.102. The van der Waals surface area contributed by atoms with Gasteiger partial charge in [-0.05, 0) is 49.2 Å². The van der Waals surface area contributed by atoms with E-state index in [1.54, 1.807) is 24.3 Å². The van der Waals surface area contributed by atoms with Crippen LogP contribution in [0.4, 0.5) is 25.0 Å². The van der Waals surface area contributed by atoms with Crippen molar-refractivity contribution in [2.45, 2.75) is 18.9 Å². The second-order valence-corrected chi connectivity index (χ2v) is 8.26. The molecule has 0 spiro atoms. The minimum Gasteiger partial charge on any atom is -0.320 e. The number of hydrogen-bond donors (Lipinski definition) is 2. The highest BCUT2D eigenvalue weighted by Crippen LogP contribution is 2.34. The minimum atomic E-state index is -0.860. The zero-order valence-corrected chi connectivity index (χ0v) is 17.5. The average Bonchev–Trinajstić information content (AvgIpc) is 3.41. The fourth-order valence-corrected chi connectivity index (χ4v) is 4.24. The van der Waals surface area contributed by atoms with E-state index in [0.717, 1.165) is 29.9 Å². The number of likely N-dealkylation sites (tertiary alicyclic amines) is 1. The fraction of sp³-hybridized carbons (Fsp3) is 0.200. The fourth-order valence-electron chi connectivity index (χ4n) is 3.22. The summed E-state index contributed by atoms with van der Waals surface area (Å²) < 4.78 is 26.9. The van der Waals surface area contributed by atoms with Crippen molar-refractivity contribution in [3.05, 3.63) is 69.1 Å². The summed E-state index contributed by atoms with van der Waals surface area (Å²) in [5.74, 6) is -2.01. The molecule has 1 fully saturated rings. The number of hydrogen-bond acceptors (Lipinski definition) is 5. The van der Waals surface area contributed by atoms with Crippen LogP contribution in [-0.4, -0.2) is 33.6 Å². The van der Waals surface area contributed by atoms with Gasteiger partial charge in [0.2, 0.25) is 5.01 Å². The Hall–Kier alpha value is -3.11. The molecule has 0 saturated carbocycles. The molecule has 160 valence electrons. The number of nitrogens with one attached hydrogen (secondary N) is 2. The Kier molecular flexibility index (Phi) is 6.10. The Morgan fingerprint density at radius 3 is 2.61 bits per heavy atom. The summed E-state index contributed by atoms with van der Waals surface area (Å²) >= 11 is 6.93. The molecule has 1 aliphatic rings. The molecular formula is C20H16ClF2N5O2S. The van der Waals surface area contributed by atoms with Gasteiger partial charge in [0, 0.05) is 23.3 Å². The number of carbonyl (C=O) groups excluding carboxylic acids is 2. The zero-order chi connectivity index (χ0) is 22.0. The second-order valence-electron chi connectivity index (χ2n) is 6.81. The van der Waals surface area contributed by atoms with Crippen molar-refractivity contribution in [2.24, 2.45) is 0 Å². The molecule has 1 aliphatic heterocycles. The number of carbonyl (C=O) groups is 2. The van der Waals surface area contributed by atoms with Gasteiger partial charge < -0.3 is 15.5 Å². The number of aromatic nitrogens is 2. The van der Waals surface area contributed by atoms with Crippen LogP contribution in [0.3, 0.4) is 0 Å². The highest BCUT2D eigenvalue weighted by atomic mass is 35.5. The zero-order valence-electron chi connectivity index (χ0n) is 15.9. The van der Waals surface area contributed by atoms with E-state index in [-0.39, 0.29) is 10.7 Å². The Labute approximate surface area is 185 Å². The van der Waals surface area contributed by atoms with E-state index < -0.39 is 29.6 Å². The SMILES string of the molecule is O=C(Nc1ccc(Cl)cc1)c1nnc([C@H]2CCCN2C(=O)Nc2ccc(F)cc2F)s1. The highest BCUT2D eigenvalue weighted by Gasteiger charge is 2.33. The Morgan fingerprint density at radius 2 is 1.87 bits per heavy atom. The summed E-state index contributed by atoms with van der Waals surface area (Å²) in [4.78, 5) is 26.6. The van der Waals surface area contributed by atoms with Gasteiger partial charge >= 0.3 is 6.03 Å². The van der Waals surface area contributed by atoms with E-state index in [9.17, 15) is 18.4 Å². The van der Waals surface area contributed by atoms with Gasteiger partial charge in [-0.2, -0.15) is 0 Å². The van der Waals surface area contributed by atoms with Gasteiger partial charge in [-0.1, -0.05) is 22.9 Å². The van der Waals surface area contributed by atoms with E-state index in [1.807, 2.05) is 0 Å². The lowest BCUT2D eigenvalue weighted by atomic mass is 10.2. The molecule has 1 saturated heterocycles. The lowest BCUT2D eigenvalue weighted by Gasteiger charge is -2.23. The smallest absolute Gasteiger partial charge is 0.320 e. The van der Waals surface area contributed by atoms with Crippen LogP contribution in [0, 0.1) is 11.6 Å². The summed E-state index contributed by atoms with van der Waals surface area (Å²) in [5.41, 5.74) is 0.451. The number of urea groups is 1. The first-order valence-corrected chi connectivity index (χ1v) is 10.5. The van der Waals surface area contributed by atoms with Crippen LogP contribution in [0.1, 0.15) is 33.7 Å². The molecule has 2 aromatic carbocycles. The maximum absolute atomic E-state index is 13.9. The second kappa shape index (κ2) is 8.94. The molecule has 31 heavy (non-hydrogen) atoms. The molecule has 0 unspecified atom stereocenters. The van der Waals surface area contributed by atoms with Gasteiger partial charge in [0.15, 0.2) is 0 Å². The number of nitrogens with zero attached hydrogens (tertiary/aromatic N) is 3. The van der Waals surface area contributed by atoms with Crippen molar-refractivity contribution in [1.29, 1.82) is 0 Å². The molecule has 1 atom stereocenters. The maximum Gasteiger partial charge on any atom is 0.322 e. The number of amides is 3. The quantitative estimate of drug-likeness (QED) is 0.564. The number of rotatable bonds is 4. The summed E-state index contributed by atoms with van der Waals surface area (Å²) in [6, 6.07) is 8.65. The van der Waals surface area contributed by atoms with E-state index in [2.05, 4.69) is 20.8 Å². The van der Waals surface area contributed by atoms with Crippen LogP contribution < -0.4 is 10.6 Å². The van der Waals surface area contributed by atoms with Gasteiger partial charge in [-0.15, -0.1) is 10.2 Å². The first-order valence-electron chi connectivity index (χ1n) is 9.34. The first kappa shape index (κ1) is 21.1. The van der Waals surface area contributed by atoms with Gasteiger partial charge in [-0.3, -0.25) is 4.79 Å². The van der Waals surface area contributed by atoms with Gasteiger partial charge in [0.1, 0.15) is 16.6 Å². The van der Waals surface area contributed by atoms with Crippen LogP contribution in [-0.2, 0) is 0 Å². The summed E-state index contributed by atoms with van der Waals surface area (Å²) in [7, 11) is 0. The molecule has 4 rings (SSSR count). The lowest BCUT2D eigenvalue weighted by Crippen LogP contribution is -2.34. The topological polar surface area (TPSA) is 87.2 Å². The largest absolute Gasteiger partial charge is 0.322 e.